The van der Waals surface area contributed by atoms with Crippen molar-refractivity contribution < 1.29 is 14.2 Å². The highest BCUT2D eigenvalue weighted by Gasteiger charge is 2.06. The van der Waals surface area contributed by atoms with Crippen molar-refractivity contribution in [2.75, 3.05) is 32.0 Å². The summed E-state index contributed by atoms with van der Waals surface area (Å²) in [6.45, 7) is 2.46. The Morgan fingerprint density at radius 2 is 1.50 bits per heavy atom. The van der Waals surface area contributed by atoms with E-state index in [-0.39, 0.29) is 0 Å². The molecule has 1 aromatic heterocycles. The molecular formula is C21H24N4O3. The molecule has 2 aromatic carbocycles. The van der Waals surface area contributed by atoms with Gasteiger partial charge < -0.3 is 24.8 Å². The molecule has 0 amide bonds. The summed E-state index contributed by atoms with van der Waals surface area (Å²) < 4.78 is 15.8. The molecule has 0 aliphatic rings. The molecule has 3 rings (SSSR count). The van der Waals surface area contributed by atoms with Gasteiger partial charge in [-0.1, -0.05) is 6.07 Å². The number of aromatic nitrogens is 2. The van der Waals surface area contributed by atoms with Crippen molar-refractivity contribution in [3.8, 4) is 17.2 Å². The predicted molar refractivity (Wildman–Crippen MR) is 110 cm³/mol. The summed E-state index contributed by atoms with van der Waals surface area (Å²) in [6.07, 6.45) is 0. The van der Waals surface area contributed by atoms with Crippen molar-refractivity contribution >= 4 is 17.3 Å². The first kappa shape index (κ1) is 19.3. The summed E-state index contributed by atoms with van der Waals surface area (Å²) in [5.41, 5.74) is 1.98. The largest absolute Gasteiger partial charge is 0.497 e. The third-order valence-electron chi connectivity index (χ3n) is 4.12. The number of methoxy groups -OCH3 is 3. The van der Waals surface area contributed by atoms with Crippen molar-refractivity contribution in [3.05, 3.63) is 59.9 Å². The van der Waals surface area contributed by atoms with E-state index >= 15 is 0 Å². The zero-order chi connectivity index (χ0) is 19.9. The van der Waals surface area contributed by atoms with Crippen LogP contribution in [-0.4, -0.2) is 31.3 Å². The van der Waals surface area contributed by atoms with Gasteiger partial charge >= 0.3 is 0 Å². The van der Waals surface area contributed by atoms with E-state index in [1.165, 1.54) is 0 Å². The molecule has 0 aliphatic heterocycles. The smallest absolute Gasteiger partial charge is 0.161 e. The number of anilines is 3. The van der Waals surface area contributed by atoms with Gasteiger partial charge in [0.15, 0.2) is 11.5 Å². The second kappa shape index (κ2) is 8.94. The molecule has 3 aromatic rings. The van der Waals surface area contributed by atoms with E-state index in [2.05, 4.69) is 20.6 Å². The average molecular weight is 380 g/mol. The molecule has 1 heterocycles. The molecule has 28 heavy (non-hydrogen) atoms. The topological polar surface area (TPSA) is 77.5 Å². The maximum Gasteiger partial charge on any atom is 0.161 e. The standard InChI is InChI=1S/C21H24N4O3/c1-14-23-20(22-13-15-5-10-18(27-3)19(11-15)28-4)12-21(24-14)25-16-6-8-17(26-2)9-7-16/h5-12H,13H2,1-4H3,(H2,22,23,24,25). The Morgan fingerprint density at radius 1 is 0.786 bits per heavy atom. The van der Waals surface area contributed by atoms with Crippen LogP contribution in [-0.2, 0) is 6.54 Å². The number of rotatable bonds is 8. The molecule has 0 bridgehead atoms. The molecule has 0 saturated heterocycles. The third-order valence-corrected chi connectivity index (χ3v) is 4.12. The lowest BCUT2D eigenvalue weighted by Crippen LogP contribution is -2.05. The number of nitrogens with zero attached hydrogens (tertiary/aromatic N) is 2. The first-order valence-electron chi connectivity index (χ1n) is 8.83. The van der Waals surface area contributed by atoms with Crippen LogP contribution in [0.5, 0.6) is 17.2 Å². The number of hydrogen-bond donors (Lipinski definition) is 2. The van der Waals surface area contributed by atoms with Crippen LogP contribution in [0.4, 0.5) is 17.3 Å². The fraction of sp³-hybridized carbons (Fsp3) is 0.238. The number of nitrogens with one attached hydrogen (secondary N) is 2. The highest BCUT2D eigenvalue weighted by molar-refractivity contribution is 5.60. The minimum absolute atomic E-state index is 0.596. The van der Waals surface area contributed by atoms with Gasteiger partial charge in [0.1, 0.15) is 23.2 Å². The summed E-state index contributed by atoms with van der Waals surface area (Å²) in [6, 6.07) is 15.4. The monoisotopic (exact) mass is 380 g/mol. The first-order valence-corrected chi connectivity index (χ1v) is 8.83. The summed E-state index contributed by atoms with van der Waals surface area (Å²) in [5.74, 6) is 4.33. The summed E-state index contributed by atoms with van der Waals surface area (Å²) >= 11 is 0. The Hall–Kier alpha value is -3.48. The van der Waals surface area contributed by atoms with Gasteiger partial charge in [-0.2, -0.15) is 0 Å². The lowest BCUT2D eigenvalue weighted by atomic mass is 10.2. The number of hydrogen-bond acceptors (Lipinski definition) is 7. The molecular weight excluding hydrogens is 356 g/mol. The average Bonchev–Trinajstić information content (AvgIpc) is 2.72. The van der Waals surface area contributed by atoms with Crippen LogP contribution in [0.3, 0.4) is 0 Å². The Labute approximate surface area is 164 Å². The number of aryl methyl sites for hydroxylation is 1. The lowest BCUT2D eigenvalue weighted by molar-refractivity contribution is 0.354. The minimum atomic E-state index is 0.596. The van der Waals surface area contributed by atoms with Gasteiger partial charge in [-0.05, 0) is 48.9 Å². The van der Waals surface area contributed by atoms with Crippen molar-refractivity contribution in [2.24, 2.45) is 0 Å². The maximum atomic E-state index is 5.35. The van der Waals surface area contributed by atoms with Crippen molar-refractivity contribution in [3.63, 3.8) is 0 Å². The number of benzene rings is 2. The van der Waals surface area contributed by atoms with Gasteiger partial charge in [0.2, 0.25) is 0 Å². The first-order chi connectivity index (χ1) is 13.6. The third kappa shape index (κ3) is 4.82. The molecule has 0 saturated carbocycles. The summed E-state index contributed by atoms with van der Waals surface area (Å²) in [7, 11) is 4.89. The fourth-order valence-electron chi connectivity index (χ4n) is 2.73. The van der Waals surface area contributed by atoms with Crippen LogP contribution in [0.1, 0.15) is 11.4 Å². The minimum Gasteiger partial charge on any atom is -0.497 e. The van der Waals surface area contributed by atoms with E-state index in [4.69, 9.17) is 14.2 Å². The summed E-state index contributed by atoms with van der Waals surface area (Å²) in [5, 5.41) is 6.61. The van der Waals surface area contributed by atoms with Crippen molar-refractivity contribution in [1.29, 1.82) is 0 Å². The SMILES string of the molecule is COc1ccc(Nc2cc(NCc3ccc(OC)c(OC)c3)nc(C)n2)cc1. The molecule has 146 valence electrons. The highest BCUT2D eigenvalue weighted by Crippen LogP contribution is 2.28. The fourth-order valence-corrected chi connectivity index (χ4v) is 2.73. The molecule has 0 fully saturated rings. The van der Waals surface area contributed by atoms with Crippen molar-refractivity contribution in [1.82, 2.24) is 9.97 Å². The van der Waals surface area contributed by atoms with E-state index in [9.17, 15) is 0 Å². The maximum absolute atomic E-state index is 5.35. The van der Waals surface area contributed by atoms with Crippen LogP contribution in [0.15, 0.2) is 48.5 Å². The van der Waals surface area contributed by atoms with Crippen LogP contribution >= 0.6 is 0 Å². The Morgan fingerprint density at radius 3 is 2.18 bits per heavy atom. The molecule has 0 unspecified atom stereocenters. The second-order valence-electron chi connectivity index (χ2n) is 6.08. The highest BCUT2D eigenvalue weighted by atomic mass is 16.5. The predicted octanol–water partition coefficient (Wildman–Crippen LogP) is 4.17. The van der Waals surface area contributed by atoms with Gasteiger partial charge in [0.25, 0.3) is 0 Å². The van der Waals surface area contributed by atoms with E-state index < -0.39 is 0 Å². The molecule has 0 spiro atoms. The Bertz CT molecular complexity index is 929. The number of ether oxygens (including phenoxy) is 3. The zero-order valence-electron chi connectivity index (χ0n) is 16.4. The van der Waals surface area contributed by atoms with Gasteiger partial charge in [0.05, 0.1) is 21.3 Å². The molecule has 0 aliphatic carbocycles. The normalized spacial score (nSPS) is 10.3. The molecule has 2 N–H and O–H groups in total. The van der Waals surface area contributed by atoms with E-state index in [0.29, 0.717) is 29.7 Å². The molecule has 7 heteroatoms. The molecule has 7 nitrogen and oxygen atoms in total. The zero-order valence-corrected chi connectivity index (χ0v) is 16.4. The van der Waals surface area contributed by atoms with E-state index in [1.807, 2.05) is 55.5 Å². The van der Waals surface area contributed by atoms with E-state index in [0.717, 1.165) is 22.8 Å². The van der Waals surface area contributed by atoms with E-state index in [1.54, 1.807) is 21.3 Å². The van der Waals surface area contributed by atoms with Gasteiger partial charge in [-0.25, -0.2) is 9.97 Å². The quantitative estimate of drug-likeness (QED) is 0.607. The Kier molecular flexibility index (Phi) is 6.16. The van der Waals surface area contributed by atoms with Gasteiger partial charge in [-0.15, -0.1) is 0 Å². The van der Waals surface area contributed by atoms with Crippen molar-refractivity contribution in [2.45, 2.75) is 13.5 Å². The van der Waals surface area contributed by atoms with Crippen LogP contribution in [0.2, 0.25) is 0 Å². The Balaban J connectivity index is 1.70. The van der Waals surface area contributed by atoms with Gasteiger partial charge in [0, 0.05) is 18.3 Å². The lowest BCUT2D eigenvalue weighted by Gasteiger charge is -2.12. The van der Waals surface area contributed by atoms with Crippen LogP contribution in [0, 0.1) is 6.92 Å². The van der Waals surface area contributed by atoms with Crippen LogP contribution in [0.25, 0.3) is 0 Å². The van der Waals surface area contributed by atoms with Gasteiger partial charge in [-0.3, -0.25) is 0 Å². The summed E-state index contributed by atoms with van der Waals surface area (Å²) in [4.78, 5) is 8.90. The van der Waals surface area contributed by atoms with Crippen LogP contribution < -0.4 is 24.8 Å². The molecule has 0 radical (unpaired) electrons. The molecule has 0 atom stereocenters. The second-order valence-corrected chi connectivity index (χ2v) is 6.08.